The summed E-state index contributed by atoms with van der Waals surface area (Å²) >= 11 is 0. The summed E-state index contributed by atoms with van der Waals surface area (Å²) in [6, 6.07) is 7.46. The Hall–Kier alpha value is -2.07. The zero-order chi connectivity index (χ0) is 13.1. The van der Waals surface area contributed by atoms with Crippen LogP contribution in [0.4, 0.5) is 0 Å². The van der Waals surface area contributed by atoms with Crippen molar-refractivity contribution in [2.75, 3.05) is 0 Å². The number of hydrogen-bond acceptors (Lipinski definition) is 2. The maximum Gasteiger partial charge on any atom is 0.307 e. The van der Waals surface area contributed by atoms with Crippen LogP contribution < -0.4 is 0 Å². The summed E-state index contributed by atoms with van der Waals surface area (Å²) in [4.78, 5) is 10.8. The molecular formula is C14H15NO3. The molecule has 1 heterocycles. The van der Waals surface area contributed by atoms with E-state index in [1.807, 2.05) is 31.2 Å². The number of carbonyl (C=O) groups is 1. The standard InChI is InChI=1S/C14H15NO3/c1-2-5-13(16)15-9-10(8-14(17)18)11-6-3-4-7-12(11)15/h2-7,9,13,16H,8H2,1H3,(H,17,18)/b5-2+. The SMILES string of the molecule is C/C=C/C(O)n1cc(CC(=O)O)c2ccccc21. The van der Waals surface area contributed by atoms with Gasteiger partial charge >= 0.3 is 5.97 Å². The molecule has 94 valence electrons. The maximum atomic E-state index is 10.8. The van der Waals surface area contributed by atoms with E-state index in [0.29, 0.717) is 5.56 Å². The van der Waals surface area contributed by atoms with E-state index in [-0.39, 0.29) is 6.42 Å². The molecule has 0 aliphatic carbocycles. The Balaban J connectivity index is 2.57. The predicted octanol–water partition coefficient (Wildman–Crippen LogP) is 2.34. The van der Waals surface area contributed by atoms with E-state index >= 15 is 0 Å². The van der Waals surface area contributed by atoms with Gasteiger partial charge in [-0.3, -0.25) is 4.79 Å². The number of para-hydroxylation sites is 1. The molecule has 2 aromatic rings. The summed E-state index contributed by atoms with van der Waals surface area (Å²) in [6.07, 6.45) is 4.29. The molecule has 0 aliphatic rings. The van der Waals surface area contributed by atoms with Gasteiger partial charge in [0.1, 0.15) is 6.23 Å². The second kappa shape index (κ2) is 5.06. The van der Waals surface area contributed by atoms with E-state index in [1.165, 1.54) is 0 Å². The predicted molar refractivity (Wildman–Crippen MR) is 69.3 cm³/mol. The lowest BCUT2D eigenvalue weighted by atomic mass is 10.1. The van der Waals surface area contributed by atoms with Crippen LogP contribution in [-0.2, 0) is 11.2 Å². The number of rotatable bonds is 4. The van der Waals surface area contributed by atoms with Gasteiger partial charge in [0.15, 0.2) is 0 Å². The number of aromatic nitrogens is 1. The lowest BCUT2D eigenvalue weighted by Gasteiger charge is -2.09. The highest BCUT2D eigenvalue weighted by Crippen LogP contribution is 2.24. The summed E-state index contributed by atoms with van der Waals surface area (Å²) < 4.78 is 1.67. The Bertz CT molecular complexity index is 598. The van der Waals surface area contributed by atoms with Crippen LogP contribution in [0.3, 0.4) is 0 Å². The number of benzene rings is 1. The molecule has 4 nitrogen and oxygen atoms in total. The number of carboxylic acids is 1. The topological polar surface area (TPSA) is 62.5 Å². The van der Waals surface area contributed by atoms with E-state index in [2.05, 4.69) is 0 Å². The first-order valence-electron chi connectivity index (χ1n) is 5.74. The number of hydrogen-bond donors (Lipinski definition) is 2. The first kappa shape index (κ1) is 12.4. The van der Waals surface area contributed by atoms with Crippen molar-refractivity contribution in [1.29, 1.82) is 0 Å². The van der Waals surface area contributed by atoms with Crippen molar-refractivity contribution >= 4 is 16.9 Å². The molecule has 1 aromatic carbocycles. The highest BCUT2D eigenvalue weighted by atomic mass is 16.4. The van der Waals surface area contributed by atoms with Gasteiger partial charge in [0.2, 0.25) is 0 Å². The highest BCUT2D eigenvalue weighted by Gasteiger charge is 2.13. The van der Waals surface area contributed by atoms with Crippen molar-refractivity contribution in [3.05, 3.63) is 48.2 Å². The van der Waals surface area contributed by atoms with Crippen LogP contribution in [0, 0.1) is 0 Å². The van der Waals surface area contributed by atoms with Gasteiger partial charge in [-0.25, -0.2) is 0 Å². The van der Waals surface area contributed by atoms with Gasteiger partial charge in [-0.05, 0) is 24.6 Å². The molecule has 0 amide bonds. The number of aliphatic hydroxyl groups excluding tert-OH is 1. The lowest BCUT2D eigenvalue weighted by Crippen LogP contribution is -2.03. The molecule has 2 rings (SSSR count). The molecule has 0 spiro atoms. The fourth-order valence-corrected chi connectivity index (χ4v) is 2.06. The fraction of sp³-hybridized carbons (Fsp3) is 0.214. The summed E-state index contributed by atoms with van der Waals surface area (Å²) in [6.45, 7) is 1.83. The third-order valence-corrected chi connectivity index (χ3v) is 2.81. The van der Waals surface area contributed by atoms with Gasteiger partial charge in [0.05, 0.1) is 11.9 Å². The number of carboxylic acid groups (broad SMARTS) is 1. The van der Waals surface area contributed by atoms with Gasteiger partial charge in [-0.2, -0.15) is 0 Å². The summed E-state index contributed by atoms with van der Waals surface area (Å²) in [5, 5.41) is 19.8. The summed E-state index contributed by atoms with van der Waals surface area (Å²) in [7, 11) is 0. The Morgan fingerprint density at radius 1 is 1.44 bits per heavy atom. The van der Waals surface area contributed by atoms with Crippen molar-refractivity contribution < 1.29 is 15.0 Å². The van der Waals surface area contributed by atoms with Crippen LogP contribution in [0.25, 0.3) is 10.9 Å². The minimum absolute atomic E-state index is 0.0456. The number of allylic oxidation sites excluding steroid dienone is 1. The molecule has 1 atom stereocenters. The Morgan fingerprint density at radius 3 is 2.83 bits per heavy atom. The number of aliphatic carboxylic acids is 1. The van der Waals surface area contributed by atoms with Gasteiger partial charge in [0.25, 0.3) is 0 Å². The molecular weight excluding hydrogens is 230 g/mol. The Kier molecular flexibility index (Phi) is 3.48. The monoisotopic (exact) mass is 245 g/mol. The number of aliphatic hydroxyl groups is 1. The maximum absolute atomic E-state index is 10.8. The minimum Gasteiger partial charge on any atom is -0.481 e. The van der Waals surface area contributed by atoms with Gasteiger partial charge in [0, 0.05) is 11.6 Å². The molecule has 0 saturated carbocycles. The third-order valence-electron chi connectivity index (χ3n) is 2.81. The van der Waals surface area contributed by atoms with E-state index in [0.717, 1.165) is 10.9 Å². The molecule has 0 aliphatic heterocycles. The van der Waals surface area contributed by atoms with Crippen molar-refractivity contribution in [3.63, 3.8) is 0 Å². The summed E-state index contributed by atoms with van der Waals surface area (Å²) in [5.41, 5.74) is 1.54. The van der Waals surface area contributed by atoms with Crippen LogP contribution >= 0.6 is 0 Å². The van der Waals surface area contributed by atoms with Crippen LogP contribution in [0.1, 0.15) is 18.7 Å². The fourth-order valence-electron chi connectivity index (χ4n) is 2.06. The Morgan fingerprint density at radius 2 is 2.17 bits per heavy atom. The van der Waals surface area contributed by atoms with E-state index in [1.54, 1.807) is 22.9 Å². The van der Waals surface area contributed by atoms with Crippen molar-refractivity contribution in [3.8, 4) is 0 Å². The highest BCUT2D eigenvalue weighted by molar-refractivity contribution is 5.87. The van der Waals surface area contributed by atoms with E-state index in [9.17, 15) is 9.90 Å². The van der Waals surface area contributed by atoms with Crippen molar-refractivity contribution in [1.82, 2.24) is 4.57 Å². The second-order valence-corrected chi connectivity index (χ2v) is 4.09. The molecule has 2 N–H and O–H groups in total. The molecule has 0 fully saturated rings. The van der Waals surface area contributed by atoms with Gasteiger partial charge in [-0.1, -0.05) is 24.3 Å². The third kappa shape index (κ3) is 2.28. The first-order valence-corrected chi connectivity index (χ1v) is 5.74. The van der Waals surface area contributed by atoms with Crippen LogP contribution in [0.2, 0.25) is 0 Å². The average Bonchev–Trinajstić information content (AvgIpc) is 2.68. The number of nitrogens with zero attached hydrogens (tertiary/aromatic N) is 1. The van der Waals surface area contributed by atoms with E-state index in [4.69, 9.17) is 5.11 Å². The van der Waals surface area contributed by atoms with E-state index < -0.39 is 12.2 Å². The quantitative estimate of drug-likeness (QED) is 0.813. The summed E-state index contributed by atoms with van der Waals surface area (Å²) in [5.74, 6) is -0.876. The lowest BCUT2D eigenvalue weighted by molar-refractivity contribution is -0.136. The smallest absolute Gasteiger partial charge is 0.307 e. The molecule has 0 bridgehead atoms. The van der Waals surface area contributed by atoms with Crippen molar-refractivity contribution in [2.45, 2.75) is 19.6 Å². The molecule has 0 radical (unpaired) electrons. The largest absolute Gasteiger partial charge is 0.481 e. The van der Waals surface area contributed by atoms with Gasteiger partial charge < -0.3 is 14.8 Å². The van der Waals surface area contributed by atoms with Crippen LogP contribution in [0.5, 0.6) is 0 Å². The molecule has 18 heavy (non-hydrogen) atoms. The minimum atomic E-state index is -0.876. The Labute approximate surface area is 105 Å². The second-order valence-electron chi connectivity index (χ2n) is 4.09. The first-order chi connectivity index (χ1) is 8.63. The van der Waals surface area contributed by atoms with Crippen LogP contribution in [-0.4, -0.2) is 20.7 Å². The normalized spacial score (nSPS) is 13.2. The van der Waals surface area contributed by atoms with Crippen molar-refractivity contribution in [2.24, 2.45) is 0 Å². The zero-order valence-electron chi connectivity index (χ0n) is 10.1. The average molecular weight is 245 g/mol. The molecule has 0 saturated heterocycles. The van der Waals surface area contributed by atoms with Crippen LogP contribution in [0.15, 0.2) is 42.6 Å². The molecule has 1 aromatic heterocycles. The number of fused-ring (bicyclic) bond motifs is 1. The zero-order valence-corrected chi connectivity index (χ0v) is 10.1. The molecule has 1 unspecified atom stereocenters. The van der Waals surface area contributed by atoms with Gasteiger partial charge in [-0.15, -0.1) is 0 Å². The molecule has 4 heteroatoms.